The maximum atomic E-state index is 10.7. The van der Waals surface area contributed by atoms with Gasteiger partial charge >= 0.3 is 5.97 Å². The van der Waals surface area contributed by atoms with Crippen LogP contribution >= 0.6 is 0 Å². The summed E-state index contributed by atoms with van der Waals surface area (Å²) < 4.78 is 0. The molecule has 0 bridgehead atoms. The number of aromatic carboxylic acids is 1. The van der Waals surface area contributed by atoms with Crippen LogP contribution in [0.2, 0.25) is 0 Å². The SMILES string of the molecule is Cc1cccc(C(=O)O)c1O[N+](=O)[O-]. The zero-order valence-electron chi connectivity index (χ0n) is 7.26. The van der Waals surface area contributed by atoms with Crippen LogP contribution in [0.25, 0.3) is 0 Å². The van der Waals surface area contributed by atoms with Crippen molar-refractivity contribution in [1.29, 1.82) is 0 Å². The van der Waals surface area contributed by atoms with E-state index in [0.29, 0.717) is 5.56 Å². The molecule has 0 saturated heterocycles. The monoisotopic (exact) mass is 197 g/mol. The average molecular weight is 197 g/mol. The van der Waals surface area contributed by atoms with Gasteiger partial charge in [0.25, 0.3) is 5.09 Å². The van der Waals surface area contributed by atoms with Crippen LogP contribution in [0.1, 0.15) is 15.9 Å². The quantitative estimate of drug-likeness (QED) is 0.581. The molecule has 6 nitrogen and oxygen atoms in total. The van der Waals surface area contributed by atoms with Gasteiger partial charge in [0.1, 0.15) is 5.75 Å². The molecule has 14 heavy (non-hydrogen) atoms. The highest BCUT2D eigenvalue weighted by Gasteiger charge is 2.14. The van der Waals surface area contributed by atoms with E-state index >= 15 is 0 Å². The topological polar surface area (TPSA) is 89.7 Å². The van der Waals surface area contributed by atoms with E-state index in [1.54, 1.807) is 0 Å². The molecular weight excluding hydrogens is 190 g/mol. The summed E-state index contributed by atoms with van der Waals surface area (Å²) in [6.45, 7) is 1.53. The molecule has 0 aliphatic rings. The van der Waals surface area contributed by atoms with Crippen molar-refractivity contribution in [2.45, 2.75) is 6.92 Å². The highest BCUT2D eigenvalue weighted by Crippen LogP contribution is 2.23. The Morgan fingerprint density at radius 1 is 1.57 bits per heavy atom. The molecule has 0 amide bonds. The number of carbonyl (C=O) groups is 1. The maximum Gasteiger partial charge on any atom is 0.337 e. The molecule has 6 heteroatoms. The largest absolute Gasteiger partial charge is 0.478 e. The van der Waals surface area contributed by atoms with Gasteiger partial charge in [0, 0.05) is 0 Å². The van der Waals surface area contributed by atoms with Crippen LogP contribution in [0.3, 0.4) is 0 Å². The Morgan fingerprint density at radius 2 is 2.21 bits per heavy atom. The fourth-order valence-electron chi connectivity index (χ4n) is 1.02. The second-order valence-electron chi connectivity index (χ2n) is 2.57. The number of nitrogens with zero attached hydrogens (tertiary/aromatic N) is 1. The molecule has 0 unspecified atom stereocenters. The lowest BCUT2D eigenvalue weighted by atomic mass is 10.1. The van der Waals surface area contributed by atoms with Crippen molar-refractivity contribution in [1.82, 2.24) is 0 Å². The Hall–Kier alpha value is -2.11. The number of rotatable bonds is 3. The summed E-state index contributed by atoms with van der Waals surface area (Å²) in [5, 5.41) is 17.8. The van der Waals surface area contributed by atoms with E-state index < -0.39 is 11.1 Å². The predicted molar refractivity (Wildman–Crippen MR) is 45.8 cm³/mol. The van der Waals surface area contributed by atoms with Gasteiger partial charge in [0.2, 0.25) is 0 Å². The number of hydrogen-bond acceptors (Lipinski definition) is 4. The van der Waals surface area contributed by atoms with E-state index in [9.17, 15) is 14.9 Å². The van der Waals surface area contributed by atoms with Crippen LogP contribution < -0.4 is 4.84 Å². The van der Waals surface area contributed by atoms with Crippen molar-refractivity contribution >= 4 is 5.97 Å². The van der Waals surface area contributed by atoms with Crippen LogP contribution in [0, 0.1) is 17.0 Å². The molecule has 0 atom stereocenters. The lowest BCUT2D eigenvalue weighted by Crippen LogP contribution is -2.09. The van der Waals surface area contributed by atoms with Crippen LogP contribution in [-0.4, -0.2) is 16.2 Å². The van der Waals surface area contributed by atoms with Gasteiger partial charge in [-0.2, -0.15) is 0 Å². The summed E-state index contributed by atoms with van der Waals surface area (Å²) in [5.41, 5.74) is 0.184. The Labute approximate surface area is 78.8 Å². The predicted octanol–water partition coefficient (Wildman–Crippen LogP) is 1.26. The van der Waals surface area contributed by atoms with E-state index in [1.165, 1.54) is 25.1 Å². The Balaban J connectivity index is 3.22. The molecule has 1 aromatic rings. The van der Waals surface area contributed by atoms with Gasteiger partial charge in [-0.15, -0.1) is 10.1 Å². The number of carboxylic acid groups (broad SMARTS) is 1. The van der Waals surface area contributed by atoms with Gasteiger partial charge in [-0.25, -0.2) is 4.79 Å². The van der Waals surface area contributed by atoms with Crippen molar-refractivity contribution in [2.75, 3.05) is 0 Å². The fraction of sp³-hybridized carbons (Fsp3) is 0.125. The Bertz CT molecular complexity index is 387. The molecular formula is C8H7NO5. The molecule has 0 aliphatic carbocycles. The van der Waals surface area contributed by atoms with E-state index in [0.717, 1.165) is 0 Å². The van der Waals surface area contributed by atoms with Crippen molar-refractivity contribution < 1.29 is 19.8 Å². The van der Waals surface area contributed by atoms with E-state index in [1.807, 2.05) is 0 Å². The zero-order valence-corrected chi connectivity index (χ0v) is 7.26. The average Bonchev–Trinajstić information content (AvgIpc) is 2.07. The summed E-state index contributed by atoms with van der Waals surface area (Å²) >= 11 is 0. The maximum absolute atomic E-state index is 10.7. The first-order valence-electron chi connectivity index (χ1n) is 3.67. The minimum absolute atomic E-state index is 0.221. The van der Waals surface area contributed by atoms with E-state index in [2.05, 4.69) is 4.84 Å². The van der Waals surface area contributed by atoms with Gasteiger partial charge in [-0.1, -0.05) is 12.1 Å². The number of carboxylic acids is 1. The molecule has 0 saturated carbocycles. The first-order valence-corrected chi connectivity index (χ1v) is 3.67. The summed E-state index contributed by atoms with van der Waals surface area (Å²) in [7, 11) is 0. The lowest BCUT2D eigenvalue weighted by Gasteiger charge is -2.05. The molecule has 0 spiro atoms. The van der Waals surface area contributed by atoms with Crippen LogP contribution in [0.4, 0.5) is 0 Å². The number of aryl methyl sites for hydroxylation is 1. The van der Waals surface area contributed by atoms with E-state index in [-0.39, 0.29) is 11.3 Å². The third kappa shape index (κ3) is 1.98. The fourth-order valence-corrected chi connectivity index (χ4v) is 1.02. The van der Waals surface area contributed by atoms with Gasteiger partial charge in [-0.3, -0.25) is 4.84 Å². The zero-order chi connectivity index (χ0) is 10.7. The first-order chi connectivity index (χ1) is 6.52. The van der Waals surface area contributed by atoms with Gasteiger partial charge < -0.3 is 5.11 Å². The molecule has 1 aromatic carbocycles. The van der Waals surface area contributed by atoms with Crippen molar-refractivity contribution in [3.63, 3.8) is 0 Å². The standard InChI is InChI=1S/C8H7NO5/c1-5-3-2-4-6(8(10)11)7(5)14-9(12)13/h2-4H,1H3,(H,10,11). The molecule has 1 N–H and O–H groups in total. The van der Waals surface area contributed by atoms with E-state index in [4.69, 9.17) is 5.11 Å². The Kier molecular flexibility index (Phi) is 2.66. The molecule has 0 heterocycles. The van der Waals surface area contributed by atoms with Gasteiger partial charge in [0.15, 0.2) is 0 Å². The number of benzene rings is 1. The molecule has 0 radical (unpaired) electrons. The minimum Gasteiger partial charge on any atom is -0.478 e. The van der Waals surface area contributed by atoms with Crippen molar-refractivity contribution in [3.8, 4) is 5.75 Å². The Morgan fingerprint density at radius 3 is 2.71 bits per heavy atom. The van der Waals surface area contributed by atoms with Gasteiger partial charge in [-0.05, 0) is 18.6 Å². The van der Waals surface area contributed by atoms with Gasteiger partial charge in [0.05, 0.1) is 5.56 Å². The second kappa shape index (κ2) is 3.73. The number of para-hydroxylation sites is 1. The second-order valence-corrected chi connectivity index (χ2v) is 2.57. The minimum atomic E-state index is -1.26. The number of hydrogen-bond donors (Lipinski definition) is 1. The summed E-state index contributed by atoms with van der Waals surface area (Å²) in [4.78, 5) is 24.9. The first kappa shape index (κ1) is 9.97. The highest BCUT2D eigenvalue weighted by atomic mass is 17.0. The molecule has 0 fully saturated rings. The molecule has 74 valence electrons. The third-order valence-electron chi connectivity index (χ3n) is 1.61. The normalized spacial score (nSPS) is 9.50. The summed E-state index contributed by atoms with van der Waals surface area (Å²) in [6.07, 6.45) is 0. The lowest BCUT2D eigenvalue weighted by molar-refractivity contribution is -0.711. The van der Waals surface area contributed by atoms with Crippen LogP contribution in [0.15, 0.2) is 18.2 Å². The van der Waals surface area contributed by atoms with Crippen molar-refractivity contribution in [3.05, 3.63) is 39.4 Å². The highest BCUT2D eigenvalue weighted by molar-refractivity contribution is 5.91. The molecule has 0 aromatic heterocycles. The van der Waals surface area contributed by atoms with Crippen LogP contribution in [0.5, 0.6) is 5.75 Å². The summed E-state index contributed by atoms with van der Waals surface area (Å²) in [6, 6.07) is 4.27. The van der Waals surface area contributed by atoms with Crippen LogP contribution in [-0.2, 0) is 0 Å². The third-order valence-corrected chi connectivity index (χ3v) is 1.61. The summed E-state index contributed by atoms with van der Waals surface area (Å²) in [5.74, 6) is -1.49. The molecule has 0 aliphatic heterocycles. The smallest absolute Gasteiger partial charge is 0.337 e. The van der Waals surface area contributed by atoms with Crippen molar-refractivity contribution in [2.24, 2.45) is 0 Å². The molecule has 1 rings (SSSR count).